The van der Waals surface area contributed by atoms with E-state index in [1.165, 1.54) is 17.0 Å². The van der Waals surface area contributed by atoms with E-state index in [9.17, 15) is 27.9 Å². The van der Waals surface area contributed by atoms with Crippen LogP contribution in [0.5, 0.6) is 0 Å². The summed E-state index contributed by atoms with van der Waals surface area (Å²) in [5.74, 6) is -2.34. The minimum Gasteiger partial charge on any atom is -0.394 e. The van der Waals surface area contributed by atoms with Crippen molar-refractivity contribution in [1.29, 1.82) is 0 Å². The second kappa shape index (κ2) is 9.07. The van der Waals surface area contributed by atoms with Crippen molar-refractivity contribution in [3.8, 4) is 11.1 Å². The molecule has 2 heterocycles. The van der Waals surface area contributed by atoms with Gasteiger partial charge in [0, 0.05) is 18.5 Å². The first-order chi connectivity index (χ1) is 16.9. The molecule has 3 atom stereocenters. The summed E-state index contributed by atoms with van der Waals surface area (Å²) in [5.41, 5.74) is 2.33. The topological polar surface area (TPSA) is 72.9 Å². The van der Waals surface area contributed by atoms with Crippen LogP contribution in [0.25, 0.3) is 11.1 Å². The van der Waals surface area contributed by atoms with Crippen LogP contribution in [0.15, 0.2) is 66.7 Å². The highest BCUT2D eigenvalue weighted by molar-refractivity contribution is 5.94. The van der Waals surface area contributed by atoms with Gasteiger partial charge >= 0.3 is 6.03 Å². The predicted molar refractivity (Wildman–Crippen MR) is 123 cm³/mol. The van der Waals surface area contributed by atoms with Crippen LogP contribution in [0.3, 0.4) is 0 Å². The number of aliphatic hydroxyl groups is 1. The van der Waals surface area contributed by atoms with E-state index in [1.807, 2.05) is 24.3 Å². The van der Waals surface area contributed by atoms with Gasteiger partial charge in [0.2, 0.25) is 5.91 Å². The number of halogens is 3. The van der Waals surface area contributed by atoms with E-state index in [4.69, 9.17) is 0 Å². The monoisotopic (exact) mass is 481 g/mol. The fourth-order valence-corrected chi connectivity index (χ4v) is 4.98. The number of hydrogen-bond acceptors (Lipinski definition) is 3. The molecule has 6 nitrogen and oxygen atoms in total. The number of nitrogens with zero attached hydrogens (tertiary/aromatic N) is 2. The SMILES string of the molecule is O=C(Nc1cc(F)ccc1F)N1CC(=O)N2[C@H](C1)[C@H](c1ccc(-c3ccc(F)cc3)cc1)[C@@H]2CO. The van der Waals surface area contributed by atoms with Gasteiger partial charge in [0.15, 0.2) is 0 Å². The zero-order chi connectivity index (χ0) is 24.7. The predicted octanol–water partition coefficient (Wildman–Crippen LogP) is 3.97. The van der Waals surface area contributed by atoms with Crippen molar-refractivity contribution in [2.45, 2.75) is 18.0 Å². The lowest BCUT2D eigenvalue weighted by molar-refractivity contribution is -0.159. The molecular weight excluding hydrogens is 459 g/mol. The number of carbonyl (C=O) groups is 2. The molecular formula is C26H22F3N3O3. The van der Waals surface area contributed by atoms with Crippen molar-refractivity contribution in [1.82, 2.24) is 9.80 Å². The molecule has 2 aliphatic rings. The van der Waals surface area contributed by atoms with Gasteiger partial charge in [-0.25, -0.2) is 18.0 Å². The van der Waals surface area contributed by atoms with Crippen LogP contribution in [0.1, 0.15) is 11.5 Å². The lowest BCUT2D eigenvalue weighted by Gasteiger charge is -2.58. The van der Waals surface area contributed by atoms with Crippen LogP contribution >= 0.6 is 0 Å². The first-order valence-corrected chi connectivity index (χ1v) is 11.1. The number of carbonyl (C=O) groups excluding carboxylic acids is 2. The molecule has 3 amide bonds. The van der Waals surface area contributed by atoms with Crippen LogP contribution in [0, 0.1) is 17.5 Å². The minimum atomic E-state index is -0.784. The molecule has 0 radical (unpaired) electrons. The first kappa shape index (κ1) is 22.9. The van der Waals surface area contributed by atoms with E-state index in [1.54, 1.807) is 17.0 Å². The Labute approximate surface area is 199 Å². The molecule has 5 rings (SSSR count). The zero-order valence-corrected chi connectivity index (χ0v) is 18.5. The van der Waals surface area contributed by atoms with Crippen LogP contribution in [-0.2, 0) is 4.79 Å². The second-order valence-electron chi connectivity index (χ2n) is 8.71. The number of amides is 3. The number of benzene rings is 3. The summed E-state index contributed by atoms with van der Waals surface area (Å²) >= 11 is 0. The Balaban J connectivity index is 1.34. The molecule has 3 aromatic rings. The van der Waals surface area contributed by atoms with Gasteiger partial charge < -0.3 is 20.2 Å². The Hall–Kier alpha value is -3.85. The van der Waals surface area contributed by atoms with Crippen molar-refractivity contribution in [3.63, 3.8) is 0 Å². The maximum atomic E-state index is 14.0. The summed E-state index contributed by atoms with van der Waals surface area (Å²) in [6.07, 6.45) is 0. The summed E-state index contributed by atoms with van der Waals surface area (Å²) in [6.45, 7) is -0.283. The number of anilines is 1. The Bertz CT molecular complexity index is 1270. The number of piperazine rings is 1. The molecule has 0 bridgehead atoms. The Morgan fingerprint density at radius 2 is 1.57 bits per heavy atom. The quantitative estimate of drug-likeness (QED) is 0.592. The first-order valence-electron chi connectivity index (χ1n) is 11.1. The van der Waals surface area contributed by atoms with Crippen LogP contribution in [0.4, 0.5) is 23.7 Å². The van der Waals surface area contributed by atoms with Gasteiger partial charge in [0.25, 0.3) is 0 Å². The summed E-state index contributed by atoms with van der Waals surface area (Å²) in [7, 11) is 0. The zero-order valence-electron chi connectivity index (χ0n) is 18.5. The van der Waals surface area contributed by atoms with Gasteiger partial charge in [0.1, 0.15) is 24.0 Å². The molecule has 0 aliphatic carbocycles. The smallest absolute Gasteiger partial charge is 0.322 e. The van der Waals surface area contributed by atoms with Crippen molar-refractivity contribution in [2.24, 2.45) is 0 Å². The molecule has 2 fully saturated rings. The fourth-order valence-electron chi connectivity index (χ4n) is 4.98. The number of rotatable bonds is 4. The number of fused-ring (bicyclic) bond motifs is 1. The van der Waals surface area contributed by atoms with Crippen LogP contribution < -0.4 is 5.32 Å². The van der Waals surface area contributed by atoms with Gasteiger partial charge in [-0.3, -0.25) is 4.79 Å². The minimum absolute atomic E-state index is 0.176. The van der Waals surface area contributed by atoms with E-state index < -0.39 is 23.7 Å². The molecule has 2 aliphatic heterocycles. The summed E-state index contributed by atoms with van der Waals surface area (Å²) in [6, 6.07) is 15.0. The summed E-state index contributed by atoms with van der Waals surface area (Å²) < 4.78 is 40.6. The van der Waals surface area contributed by atoms with Gasteiger partial charge in [-0.1, -0.05) is 36.4 Å². The van der Waals surface area contributed by atoms with E-state index >= 15 is 0 Å². The summed E-state index contributed by atoms with van der Waals surface area (Å²) in [4.78, 5) is 28.4. The number of nitrogens with one attached hydrogen (secondary N) is 1. The van der Waals surface area contributed by atoms with E-state index in [-0.39, 0.29) is 49.1 Å². The van der Waals surface area contributed by atoms with Gasteiger partial charge in [0.05, 0.1) is 24.4 Å². The maximum absolute atomic E-state index is 14.0. The largest absolute Gasteiger partial charge is 0.394 e. The lowest BCUT2D eigenvalue weighted by atomic mass is 9.73. The van der Waals surface area contributed by atoms with Gasteiger partial charge in [-0.05, 0) is 41.0 Å². The maximum Gasteiger partial charge on any atom is 0.322 e. The van der Waals surface area contributed by atoms with E-state index in [2.05, 4.69) is 5.32 Å². The Morgan fingerprint density at radius 1 is 0.943 bits per heavy atom. The van der Waals surface area contributed by atoms with Gasteiger partial charge in [-0.15, -0.1) is 0 Å². The molecule has 3 aromatic carbocycles. The number of aliphatic hydroxyl groups excluding tert-OH is 1. The van der Waals surface area contributed by atoms with E-state index in [0.717, 1.165) is 34.9 Å². The highest BCUT2D eigenvalue weighted by atomic mass is 19.1. The second-order valence-corrected chi connectivity index (χ2v) is 8.71. The van der Waals surface area contributed by atoms with Crippen molar-refractivity contribution in [2.75, 3.05) is 25.0 Å². The van der Waals surface area contributed by atoms with E-state index in [0.29, 0.717) is 0 Å². The lowest BCUT2D eigenvalue weighted by Crippen LogP contribution is -2.73. The van der Waals surface area contributed by atoms with Crippen molar-refractivity contribution < 1.29 is 27.9 Å². The number of hydrogen-bond donors (Lipinski definition) is 2. The third-order valence-electron chi connectivity index (χ3n) is 6.68. The normalized spacial score (nSPS) is 21.4. The third kappa shape index (κ3) is 4.23. The highest BCUT2D eigenvalue weighted by Crippen LogP contribution is 2.43. The fraction of sp³-hybridized carbons (Fsp3) is 0.231. The third-order valence-corrected chi connectivity index (χ3v) is 6.68. The Morgan fingerprint density at radius 3 is 2.23 bits per heavy atom. The molecule has 180 valence electrons. The molecule has 0 aromatic heterocycles. The molecule has 35 heavy (non-hydrogen) atoms. The highest BCUT2D eigenvalue weighted by Gasteiger charge is 2.54. The Kier molecular flexibility index (Phi) is 5.94. The molecule has 0 unspecified atom stereocenters. The van der Waals surface area contributed by atoms with Crippen molar-refractivity contribution >= 4 is 17.6 Å². The van der Waals surface area contributed by atoms with Crippen molar-refractivity contribution in [3.05, 3.63) is 89.7 Å². The van der Waals surface area contributed by atoms with Gasteiger partial charge in [-0.2, -0.15) is 0 Å². The number of urea groups is 1. The molecule has 0 spiro atoms. The standard InChI is InChI=1S/C26H22F3N3O3/c27-18-7-5-16(6-8-18)15-1-3-17(4-2-15)25-22-12-31(13-24(34)32(22)23(25)14-33)26(35)30-21-11-19(28)9-10-20(21)29/h1-11,22-23,25,33H,12-14H2,(H,30,35)/t22-,23+,25+/m1/s1. The average Bonchev–Trinajstić information content (AvgIpc) is 2.83. The summed E-state index contributed by atoms with van der Waals surface area (Å²) in [5, 5.41) is 12.3. The molecule has 2 N–H and O–H groups in total. The molecule has 9 heteroatoms. The van der Waals surface area contributed by atoms with Crippen LogP contribution in [-0.4, -0.2) is 58.6 Å². The average molecular weight is 481 g/mol. The molecule has 2 saturated heterocycles. The molecule has 0 saturated carbocycles. The van der Waals surface area contributed by atoms with Crippen LogP contribution in [0.2, 0.25) is 0 Å².